The molecule has 2 atom stereocenters. The predicted octanol–water partition coefficient (Wildman–Crippen LogP) is 1.43. The lowest BCUT2D eigenvalue weighted by molar-refractivity contribution is 0.282. The van der Waals surface area contributed by atoms with Crippen molar-refractivity contribution in [2.24, 2.45) is 5.92 Å². The molecule has 0 spiro atoms. The fraction of sp³-hybridized carbons (Fsp3) is 1.00. The summed E-state index contributed by atoms with van der Waals surface area (Å²) in [5.74, 6) is 0.692. The van der Waals surface area contributed by atoms with E-state index in [-0.39, 0.29) is 5.82 Å². The summed E-state index contributed by atoms with van der Waals surface area (Å²) in [5.41, 5.74) is 0. The highest BCUT2D eigenvalue weighted by Gasteiger charge is 2.32. The van der Waals surface area contributed by atoms with Crippen molar-refractivity contribution in [1.82, 2.24) is 0 Å². The Bertz CT molecular complexity index is 117. The molecule has 1 fully saturated rings. The third-order valence-electron chi connectivity index (χ3n) is 2.88. The van der Waals surface area contributed by atoms with Crippen LogP contribution in [-0.4, -0.2) is 17.2 Å². The maximum Gasteiger partial charge on any atom is 0.455 e. The van der Waals surface area contributed by atoms with Gasteiger partial charge >= 0.3 is 7.12 Å². The van der Waals surface area contributed by atoms with E-state index in [0.717, 1.165) is 12.8 Å². The molecule has 64 valence electrons. The molecule has 0 bridgehead atoms. The summed E-state index contributed by atoms with van der Waals surface area (Å²) >= 11 is 0. The van der Waals surface area contributed by atoms with E-state index in [9.17, 15) is 0 Å². The molecule has 11 heavy (non-hydrogen) atoms. The van der Waals surface area contributed by atoms with E-state index in [1.807, 2.05) is 0 Å². The average molecular weight is 156 g/mol. The van der Waals surface area contributed by atoms with Crippen LogP contribution in [0.3, 0.4) is 0 Å². The summed E-state index contributed by atoms with van der Waals surface area (Å²) in [6.07, 6.45) is 5.69. The Hall–Kier alpha value is -0.0151. The fourth-order valence-electron chi connectivity index (χ4n) is 2.14. The van der Waals surface area contributed by atoms with Crippen molar-refractivity contribution in [3.05, 3.63) is 0 Å². The standard InChI is InChI=1S/C8H17BO2/c1-2-7-5-3-4-6-8(7)9(10)11/h7-8,10-11H,2-6H2,1H3. The second kappa shape index (κ2) is 4.12. The molecule has 0 radical (unpaired) electrons. The zero-order valence-electron chi connectivity index (χ0n) is 7.16. The predicted molar refractivity (Wildman–Crippen MR) is 46.2 cm³/mol. The molecule has 0 aromatic carbocycles. The van der Waals surface area contributed by atoms with Crippen LogP contribution < -0.4 is 0 Å². The molecule has 2 unspecified atom stereocenters. The zero-order chi connectivity index (χ0) is 8.27. The van der Waals surface area contributed by atoms with Gasteiger partial charge in [0, 0.05) is 0 Å². The molecule has 0 aromatic rings. The van der Waals surface area contributed by atoms with Crippen LogP contribution in [-0.2, 0) is 0 Å². The first-order valence-corrected chi connectivity index (χ1v) is 4.61. The molecule has 0 saturated heterocycles. The van der Waals surface area contributed by atoms with Gasteiger partial charge in [0.2, 0.25) is 0 Å². The van der Waals surface area contributed by atoms with Gasteiger partial charge in [-0.3, -0.25) is 0 Å². The van der Waals surface area contributed by atoms with E-state index >= 15 is 0 Å². The maximum atomic E-state index is 9.03. The quantitative estimate of drug-likeness (QED) is 0.593. The molecule has 0 amide bonds. The van der Waals surface area contributed by atoms with Crippen LogP contribution in [0.1, 0.15) is 39.0 Å². The van der Waals surface area contributed by atoms with Crippen LogP contribution in [0.15, 0.2) is 0 Å². The Morgan fingerprint density at radius 3 is 2.36 bits per heavy atom. The first kappa shape index (κ1) is 9.08. The van der Waals surface area contributed by atoms with Crippen LogP contribution in [0, 0.1) is 5.92 Å². The Kier molecular flexibility index (Phi) is 3.40. The second-order valence-corrected chi connectivity index (χ2v) is 3.53. The summed E-state index contributed by atoms with van der Waals surface area (Å²) in [7, 11) is -1.08. The van der Waals surface area contributed by atoms with Crippen molar-refractivity contribution in [3.63, 3.8) is 0 Å². The van der Waals surface area contributed by atoms with Gasteiger partial charge in [-0.2, -0.15) is 0 Å². The minimum atomic E-state index is -1.08. The van der Waals surface area contributed by atoms with E-state index in [1.54, 1.807) is 0 Å². The van der Waals surface area contributed by atoms with E-state index in [1.165, 1.54) is 19.3 Å². The molecule has 0 aromatic heterocycles. The highest BCUT2D eigenvalue weighted by molar-refractivity contribution is 6.43. The van der Waals surface area contributed by atoms with E-state index < -0.39 is 7.12 Å². The lowest BCUT2D eigenvalue weighted by Crippen LogP contribution is -2.29. The molecule has 0 heterocycles. The van der Waals surface area contributed by atoms with Gasteiger partial charge in [-0.15, -0.1) is 0 Å². The SMILES string of the molecule is CCC1CCCCC1B(O)O. The lowest BCUT2D eigenvalue weighted by atomic mass is 9.59. The van der Waals surface area contributed by atoms with E-state index in [0.29, 0.717) is 5.92 Å². The van der Waals surface area contributed by atoms with Gasteiger partial charge in [0.25, 0.3) is 0 Å². The minimum Gasteiger partial charge on any atom is -0.427 e. The van der Waals surface area contributed by atoms with Gasteiger partial charge < -0.3 is 10.0 Å². The third kappa shape index (κ3) is 2.21. The monoisotopic (exact) mass is 156 g/mol. The Labute approximate surface area is 68.8 Å². The summed E-state index contributed by atoms with van der Waals surface area (Å²) in [5, 5.41) is 18.1. The molecule has 1 saturated carbocycles. The normalized spacial score (nSPS) is 31.9. The molecule has 2 nitrogen and oxygen atoms in total. The van der Waals surface area contributed by atoms with Crippen LogP contribution in [0.25, 0.3) is 0 Å². The topological polar surface area (TPSA) is 40.5 Å². The van der Waals surface area contributed by atoms with Gasteiger partial charge in [-0.1, -0.05) is 39.0 Å². The van der Waals surface area contributed by atoms with Crippen LogP contribution in [0.4, 0.5) is 0 Å². The first-order valence-electron chi connectivity index (χ1n) is 4.61. The summed E-state index contributed by atoms with van der Waals surface area (Å²) < 4.78 is 0. The van der Waals surface area contributed by atoms with Gasteiger partial charge in [0.15, 0.2) is 0 Å². The summed E-state index contributed by atoms with van der Waals surface area (Å²) in [6.45, 7) is 2.13. The Balaban J connectivity index is 2.44. The second-order valence-electron chi connectivity index (χ2n) is 3.53. The maximum absolute atomic E-state index is 9.03. The Morgan fingerprint density at radius 1 is 1.27 bits per heavy atom. The molecule has 1 rings (SSSR count). The zero-order valence-corrected chi connectivity index (χ0v) is 7.16. The summed E-state index contributed by atoms with van der Waals surface area (Å²) in [4.78, 5) is 0. The van der Waals surface area contributed by atoms with E-state index in [2.05, 4.69) is 6.92 Å². The Morgan fingerprint density at radius 2 is 1.91 bits per heavy atom. The average Bonchev–Trinajstić information content (AvgIpc) is 2.04. The first-order chi connectivity index (χ1) is 5.25. The summed E-state index contributed by atoms with van der Waals surface area (Å²) in [6, 6.07) is 0. The minimum absolute atomic E-state index is 0.147. The number of rotatable bonds is 2. The number of hydrogen-bond acceptors (Lipinski definition) is 2. The fourth-order valence-corrected chi connectivity index (χ4v) is 2.14. The highest BCUT2D eigenvalue weighted by Crippen LogP contribution is 2.37. The van der Waals surface area contributed by atoms with Crippen molar-refractivity contribution >= 4 is 7.12 Å². The van der Waals surface area contributed by atoms with Crippen molar-refractivity contribution < 1.29 is 10.0 Å². The molecule has 1 aliphatic rings. The number of hydrogen-bond donors (Lipinski definition) is 2. The van der Waals surface area contributed by atoms with E-state index in [4.69, 9.17) is 10.0 Å². The smallest absolute Gasteiger partial charge is 0.427 e. The van der Waals surface area contributed by atoms with Crippen molar-refractivity contribution in [3.8, 4) is 0 Å². The van der Waals surface area contributed by atoms with Gasteiger partial charge in [-0.05, 0) is 11.7 Å². The van der Waals surface area contributed by atoms with Gasteiger partial charge in [0.1, 0.15) is 0 Å². The van der Waals surface area contributed by atoms with Crippen LogP contribution >= 0.6 is 0 Å². The lowest BCUT2D eigenvalue weighted by Gasteiger charge is -2.29. The van der Waals surface area contributed by atoms with Crippen molar-refractivity contribution in [1.29, 1.82) is 0 Å². The van der Waals surface area contributed by atoms with Gasteiger partial charge in [-0.25, -0.2) is 0 Å². The third-order valence-corrected chi connectivity index (χ3v) is 2.88. The largest absolute Gasteiger partial charge is 0.455 e. The molecule has 1 aliphatic carbocycles. The van der Waals surface area contributed by atoms with Crippen LogP contribution in [0.5, 0.6) is 0 Å². The molecule has 0 aliphatic heterocycles. The van der Waals surface area contributed by atoms with Crippen molar-refractivity contribution in [2.45, 2.75) is 44.8 Å². The molecular weight excluding hydrogens is 139 g/mol. The molecule has 2 N–H and O–H groups in total. The van der Waals surface area contributed by atoms with Gasteiger partial charge in [0.05, 0.1) is 0 Å². The van der Waals surface area contributed by atoms with Crippen molar-refractivity contribution in [2.75, 3.05) is 0 Å². The molecular formula is C8H17BO2. The van der Waals surface area contributed by atoms with Crippen LogP contribution in [0.2, 0.25) is 5.82 Å². The highest BCUT2D eigenvalue weighted by atomic mass is 16.4. The molecule has 3 heteroatoms.